The van der Waals surface area contributed by atoms with Crippen molar-refractivity contribution in [3.8, 4) is 0 Å². The van der Waals surface area contributed by atoms with Gasteiger partial charge in [-0.2, -0.15) is 4.31 Å². The van der Waals surface area contributed by atoms with E-state index < -0.39 is 16.0 Å². The number of piperidine rings is 1. The van der Waals surface area contributed by atoms with E-state index in [2.05, 4.69) is 15.9 Å². The minimum Gasteiger partial charge on any atom is -0.478 e. The molecule has 1 aliphatic rings. The van der Waals surface area contributed by atoms with Crippen molar-refractivity contribution in [2.75, 3.05) is 13.1 Å². The van der Waals surface area contributed by atoms with E-state index >= 15 is 0 Å². The Hall–Kier alpha value is -1.48. The van der Waals surface area contributed by atoms with E-state index in [0.717, 1.165) is 40.6 Å². The topological polar surface area (TPSA) is 74.7 Å². The van der Waals surface area contributed by atoms with Gasteiger partial charge < -0.3 is 5.11 Å². The number of thiophene rings is 1. The second-order valence-corrected chi connectivity index (χ2v) is 10.2. The average molecular weight is 456 g/mol. The Kier molecular flexibility index (Phi) is 5.96. The number of carbonyl (C=O) groups is 1. The molecule has 2 aromatic rings. The van der Waals surface area contributed by atoms with Crippen molar-refractivity contribution in [3.05, 3.63) is 51.3 Å². The number of nitrogens with zero attached hydrogens (tertiary/aromatic N) is 1. The molecule has 0 spiro atoms. The molecule has 2 heterocycles. The van der Waals surface area contributed by atoms with Gasteiger partial charge in [0.15, 0.2) is 0 Å². The third-order valence-electron chi connectivity index (χ3n) is 4.15. The number of benzene rings is 1. The Labute approximate surface area is 165 Å². The Morgan fingerprint density at radius 2 is 1.88 bits per heavy atom. The van der Waals surface area contributed by atoms with Gasteiger partial charge in [-0.25, -0.2) is 13.2 Å². The number of aliphatic carboxylic acids is 1. The zero-order valence-corrected chi connectivity index (χ0v) is 17.1. The van der Waals surface area contributed by atoms with Crippen LogP contribution in [0.25, 0.3) is 11.6 Å². The van der Waals surface area contributed by atoms with Crippen LogP contribution in [0.15, 0.2) is 45.1 Å². The Bertz CT molecular complexity index is 944. The van der Waals surface area contributed by atoms with E-state index in [4.69, 9.17) is 0 Å². The quantitative estimate of drug-likeness (QED) is 0.681. The molecule has 1 aliphatic heterocycles. The van der Waals surface area contributed by atoms with Gasteiger partial charge in [-0.3, -0.25) is 0 Å². The summed E-state index contributed by atoms with van der Waals surface area (Å²) in [6.07, 6.45) is 4.32. The summed E-state index contributed by atoms with van der Waals surface area (Å²) in [5.41, 5.74) is 0.804. The predicted molar refractivity (Wildman–Crippen MR) is 107 cm³/mol. The number of halogens is 1. The second-order valence-electron chi connectivity index (χ2n) is 6.00. The van der Waals surface area contributed by atoms with Crippen LogP contribution in [-0.4, -0.2) is 36.9 Å². The van der Waals surface area contributed by atoms with Gasteiger partial charge in [-0.15, -0.1) is 11.3 Å². The largest absolute Gasteiger partial charge is 0.478 e. The van der Waals surface area contributed by atoms with Crippen LogP contribution in [-0.2, 0) is 14.8 Å². The molecular weight excluding hydrogens is 438 g/mol. The molecule has 0 aliphatic carbocycles. The van der Waals surface area contributed by atoms with Crippen LogP contribution in [0.3, 0.4) is 0 Å². The summed E-state index contributed by atoms with van der Waals surface area (Å²) in [5, 5.41) is 9.58. The van der Waals surface area contributed by atoms with Gasteiger partial charge in [-0.1, -0.05) is 34.5 Å². The van der Waals surface area contributed by atoms with Crippen molar-refractivity contribution in [1.29, 1.82) is 0 Å². The number of carboxylic acid groups (broad SMARTS) is 1. The molecule has 5 nitrogen and oxygen atoms in total. The summed E-state index contributed by atoms with van der Waals surface area (Å²) in [6, 6.07) is 10.3. The van der Waals surface area contributed by atoms with Crippen LogP contribution >= 0.6 is 27.3 Å². The predicted octanol–water partition coefficient (Wildman–Crippen LogP) is 4.31. The van der Waals surface area contributed by atoms with E-state index in [0.29, 0.717) is 18.0 Å². The first kappa shape index (κ1) is 19.3. The molecule has 1 aromatic heterocycles. The molecule has 8 heteroatoms. The highest BCUT2D eigenvalue weighted by Crippen LogP contribution is 2.32. The maximum absolute atomic E-state index is 12.8. The molecule has 1 aromatic carbocycles. The normalized spacial score (nSPS) is 16.6. The fraction of sp³-hybridized carbons (Fsp3) is 0.278. The van der Waals surface area contributed by atoms with Crippen LogP contribution in [0.5, 0.6) is 0 Å². The molecule has 1 saturated heterocycles. The maximum atomic E-state index is 12.8. The first-order chi connectivity index (χ1) is 12.4. The monoisotopic (exact) mass is 455 g/mol. The molecule has 138 valence electrons. The molecule has 0 unspecified atom stereocenters. The zero-order valence-electron chi connectivity index (χ0n) is 13.9. The molecule has 0 amide bonds. The smallest absolute Gasteiger partial charge is 0.337 e. The van der Waals surface area contributed by atoms with E-state index in [1.165, 1.54) is 10.4 Å². The first-order valence-electron chi connectivity index (χ1n) is 8.19. The highest BCUT2D eigenvalue weighted by atomic mass is 79.9. The number of hydrogen-bond donors (Lipinski definition) is 1. The van der Waals surface area contributed by atoms with Gasteiger partial charge in [0.25, 0.3) is 10.0 Å². The van der Waals surface area contributed by atoms with Gasteiger partial charge in [0.05, 0.1) is 5.57 Å². The average Bonchev–Trinajstić information content (AvgIpc) is 3.11. The highest BCUT2D eigenvalue weighted by Gasteiger charge is 2.28. The van der Waals surface area contributed by atoms with E-state index in [1.54, 1.807) is 18.2 Å². The van der Waals surface area contributed by atoms with Crippen molar-refractivity contribution in [1.82, 2.24) is 4.31 Å². The minimum absolute atomic E-state index is 0.0770. The zero-order chi connectivity index (χ0) is 18.7. The number of hydrogen-bond acceptors (Lipinski definition) is 4. The first-order valence-corrected chi connectivity index (χ1v) is 11.2. The van der Waals surface area contributed by atoms with Gasteiger partial charge in [0.1, 0.15) is 4.21 Å². The molecule has 26 heavy (non-hydrogen) atoms. The van der Waals surface area contributed by atoms with Gasteiger partial charge in [0, 0.05) is 22.4 Å². The van der Waals surface area contributed by atoms with Crippen molar-refractivity contribution >= 4 is 54.9 Å². The number of sulfonamides is 1. The summed E-state index contributed by atoms with van der Waals surface area (Å²) in [4.78, 5) is 12.1. The summed E-state index contributed by atoms with van der Waals surface area (Å²) in [5.74, 6) is -1.09. The van der Waals surface area contributed by atoms with Crippen LogP contribution in [0, 0.1) is 0 Å². The molecule has 1 N–H and O–H groups in total. The molecular formula is C18H18BrNO4S2. The lowest BCUT2D eigenvalue weighted by Crippen LogP contribution is -2.35. The summed E-state index contributed by atoms with van der Waals surface area (Å²) >= 11 is 4.36. The van der Waals surface area contributed by atoms with Gasteiger partial charge >= 0.3 is 5.97 Å². The SMILES string of the molecule is O=C(O)C(=Cc1cccc(Br)c1)c1ccc(S(=O)(=O)N2CCCCC2)s1. The molecule has 0 saturated carbocycles. The van der Waals surface area contributed by atoms with Gasteiger partial charge in [0.2, 0.25) is 0 Å². The van der Waals surface area contributed by atoms with Gasteiger partial charge in [-0.05, 0) is 48.7 Å². The number of carboxylic acids is 1. The molecule has 0 atom stereocenters. The molecule has 1 fully saturated rings. The summed E-state index contributed by atoms with van der Waals surface area (Å²) in [6.45, 7) is 1.05. The van der Waals surface area contributed by atoms with E-state index in [-0.39, 0.29) is 9.78 Å². The van der Waals surface area contributed by atoms with Crippen molar-refractivity contribution in [2.45, 2.75) is 23.5 Å². The lowest BCUT2D eigenvalue weighted by atomic mass is 10.1. The minimum atomic E-state index is -3.56. The summed E-state index contributed by atoms with van der Waals surface area (Å²) < 4.78 is 28.0. The van der Waals surface area contributed by atoms with Crippen molar-refractivity contribution < 1.29 is 18.3 Å². The lowest BCUT2D eigenvalue weighted by Gasteiger charge is -2.25. The van der Waals surface area contributed by atoms with Crippen LogP contribution in [0.1, 0.15) is 29.7 Å². The molecule has 0 bridgehead atoms. The van der Waals surface area contributed by atoms with Crippen LogP contribution in [0.2, 0.25) is 0 Å². The fourth-order valence-corrected chi connectivity index (χ4v) is 6.24. The highest BCUT2D eigenvalue weighted by molar-refractivity contribution is 9.10. The summed E-state index contributed by atoms with van der Waals surface area (Å²) in [7, 11) is -3.56. The molecule has 0 radical (unpaired) electrons. The van der Waals surface area contributed by atoms with E-state index in [1.807, 2.05) is 18.2 Å². The Balaban J connectivity index is 1.94. The van der Waals surface area contributed by atoms with Crippen LogP contribution < -0.4 is 0 Å². The fourth-order valence-electron chi connectivity index (χ4n) is 2.84. The maximum Gasteiger partial charge on any atom is 0.337 e. The Morgan fingerprint density at radius 1 is 1.15 bits per heavy atom. The standard InChI is InChI=1S/C18H18BrNO4S2/c19-14-6-4-5-13(11-14)12-15(18(21)22)16-7-8-17(25-16)26(23,24)20-9-2-1-3-10-20/h4-8,11-12H,1-3,9-10H2,(H,21,22). The third-order valence-corrected chi connectivity index (χ3v) is 8.12. The van der Waals surface area contributed by atoms with Crippen molar-refractivity contribution in [3.63, 3.8) is 0 Å². The lowest BCUT2D eigenvalue weighted by molar-refractivity contribution is -0.130. The third kappa shape index (κ3) is 4.25. The Morgan fingerprint density at radius 3 is 2.54 bits per heavy atom. The van der Waals surface area contributed by atoms with E-state index in [9.17, 15) is 18.3 Å². The number of rotatable bonds is 5. The van der Waals surface area contributed by atoms with Crippen LogP contribution in [0.4, 0.5) is 0 Å². The molecule has 3 rings (SSSR count). The second kappa shape index (κ2) is 8.04. The van der Waals surface area contributed by atoms with Crippen molar-refractivity contribution in [2.24, 2.45) is 0 Å².